The third-order valence-corrected chi connectivity index (χ3v) is 4.41. The maximum atomic E-state index is 12.2. The molecule has 0 aliphatic carbocycles. The number of para-hydroxylation sites is 1. The summed E-state index contributed by atoms with van der Waals surface area (Å²) in [7, 11) is 0. The highest BCUT2D eigenvalue weighted by Crippen LogP contribution is 2.16. The van der Waals surface area contributed by atoms with Crippen LogP contribution in [0.2, 0.25) is 0 Å². The van der Waals surface area contributed by atoms with Gasteiger partial charge in [0.1, 0.15) is 5.69 Å². The molecule has 0 bridgehead atoms. The summed E-state index contributed by atoms with van der Waals surface area (Å²) >= 11 is 0. The lowest BCUT2D eigenvalue weighted by Crippen LogP contribution is -2.44. The Labute approximate surface area is 139 Å². The molecule has 0 radical (unpaired) electrons. The minimum absolute atomic E-state index is 0.0539. The average Bonchev–Trinajstić information content (AvgIpc) is 2.59. The standard InChI is InChI=1S/C18H20N2O4/c1-12-6-4-5-9-20(12)17(22)11-24-18(23)15-10-16(21)13-7-2-3-8-14(13)19-15/h2-3,7-8,10,12H,4-6,9,11H2,1H3,(H,19,21)/t12-/m0/s1. The van der Waals surface area contributed by atoms with Crippen LogP contribution in [0.1, 0.15) is 36.7 Å². The molecule has 1 amide bonds. The predicted molar refractivity (Wildman–Crippen MR) is 89.9 cm³/mol. The second kappa shape index (κ2) is 6.86. The van der Waals surface area contributed by atoms with Gasteiger partial charge >= 0.3 is 5.97 Å². The van der Waals surface area contributed by atoms with Gasteiger partial charge in [-0.05, 0) is 38.3 Å². The van der Waals surface area contributed by atoms with E-state index >= 15 is 0 Å². The summed E-state index contributed by atoms with van der Waals surface area (Å²) in [6.45, 7) is 2.39. The molecule has 24 heavy (non-hydrogen) atoms. The molecule has 2 heterocycles. The third-order valence-electron chi connectivity index (χ3n) is 4.41. The summed E-state index contributed by atoms with van der Waals surface area (Å²) in [6.07, 6.45) is 3.06. The number of carbonyl (C=O) groups excluding carboxylic acids is 2. The minimum atomic E-state index is -0.698. The first-order valence-electron chi connectivity index (χ1n) is 8.15. The van der Waals surface area contributed by atoms with Crippen LogP contribution in [-0.2, 0) is 9.53 Å². The summed E-state index contributed by atoms with van der Waals surface area (Å²) in [5.74, 6) is -0.894. The fraction of sp³-hybridized carbons (Fsp3) is 0.389. The number of rotatable bonds is 3. The molecule has 0 unspecified atom stereocenters. The number of nitrogens with zero attached hydrogens (tertiary/aromatic N) is 1. The molecule has 1 aromatic carbocycles. The van der Waals surface area contributed by atoms with Crippen molar-refractivity contribution in [3.05, 3.63) is 46.2 Å². The summed E-state index contributed by atoms with van der Waals surface area (Å²) < 4.78 is 5.10. The van der Waals surface area contributed by atoms with E-state index in [4.69, 9.17) is 4.74 Å². The molecule has 1 aromatic heterocycles. The lowest BCUT2D eigenvalue weighted by molar-refractivity contribution is -0.137. The number of nitrogens with one attached hydrogen (secondary N) is 1. The maximum absolute atomic E-state index is 12.2. The van der Waals surface area contributed by atoms with E-state index in [1.165, 1.54) is 6.07 Å². The van der Waals surface area contributed by atoms with Crippen molar-refractivity contribution in [2.45, 2.75) is 32.2 Å². The lowest BCUT2D eigenvalue weighted by atomic mass is 10.0. The number of hydrogen-bond donors (Lipinski definition) is 1. The molecule has 0 spiro atoms. The maximum Gasteiger partial charge on any atom is 0.355 e. The highest BCUT2D eigenvalue weighted by atomic mass is 16.5. The highest BCUT2D eigenvalue weighted by Gasteiger charge is 2.24. The number of likely N-dealkylation sites (tertiary alicyclic amines) is 1. The normalized spacial score (nSPS) is 17.7. The van der Waals surface area contributed by atoms with Gasteiger partial charge in [-0.3, -0.25) is 9.59 Å². The number of amides is 1. The van der Waals surface area contributed by atoms with Crippen molar-refractivity contribution in [3.63, 3.8) is 0 Å². The van der Waals surface area contributed by atoms with Gasteiger partial charge in [0.25, 0.3) is 5.91 Å². The number of H-pyrrole nitrogens is 1. The van der Waals surface area contributed by atoms with Crippen LogP contribution in [0, 0.1) is 0 Å². The summed E-state index contributed by atoms with van der Waals surface area (Å²) in [5, 5.41) is 0.507. The van der Waals surface area contributed by atoms with E-state index in [-0.39, 0.29) is 29.7 Å². The molecule has 1 aliphatic heterocycles. The molecule has 1 aliphatic rings. The average molecular weight is 328 g/mol. The minimum Gasteiger partial charge on any atom is -0.451 e. The van der Waals surface area contributed by atoms with Crippen LogP contribution in [0.3, 0.4) is 0 Å². The van der Waals surface area contributed by atoms with E-state index in [9.17, 15) is 14.4 Å². The van der Waals surface area contributed by atoms with Crippen molar-refractivity contribution in [3.8, 4) is 0 Å². The zero-order valence-electron chi connectivity index (χ0n) is 13.6. The first-order chi connectivity index (χ1) is 11.6. The summed E-state index contributed by atoms with van der Waals surface area (Å²) in [5.41, 5.74) is 0.360. The molecule has 0 saturated carbocycles. The Morgan fingerprint density at radius 1 is 1.29 bits per heavy atom. The van der Waals surface area contributed by atoms with Gasteiger partial charge in [0, 0.05) is 29.6 Å². The van der Waals surface area contributed by atoms with Crippen molar-refractivity contribution >= 4 is 22.8 Å². The second-order valence-corrected chi connectivity index (χ2v) is 6.10. The molecule has 3 rings (SSSR count). The number of aromatic nitrogens is 1. The largest absolute Gasteiger partial charge is 0.451 e. The van der Waals surface area contributed by atoms with Gasteiger partial charge in [0.2, 0.25) is 0 Å². The van der Waals surface area contributed by atoms with E-state index < -0.39 is 5.97 Å². The monoisotopic (exact) mass is 328 g/mol. The van der Waals surface area contributed by atoms with E-state index in [0.717, 1.165) is 19.3 Å². The van der Waals surface area contributed by atoms with E-state index in [1.807, 2.05) is 6.92 Å². The van der Waals surface area contributed by atoms with Gasteiger partial charge < -0.3 is 14.6 Å². The van der Waals surface area contributed by atoms with E-state index in [0.29, 0.717) is 17.4 Å². The fourth-order valence-corrected chi connectivity index (χ4v) is 3.06. The Morgan fingerprint density at radius 3 is 2.88 bits per heavy atom. The molecule has 1 atom stereocenters. The zero-order valence-corrected chi connectivity index (χ0v) is 13.6. The van der Waals surface area contributed by atoms with Gasteiger partial charge in [-0.15, -0.1) is 0 Å². The van der Waals surface area contributed by atoms with Crippen molar-refractivity contribution in [2.24, 2.45) is 0 Å². The number of pyridine rings is 1. The zero-order chi connectivity index (χ0) is 17.1. The third kappa shape index (κ3) is 3.32. The predicted octanol–water partition coefficient (Wildman–Crippen LogP) is 2.09. The van der Waals surface area contributed by atoms with Crippen LogP contribution >= 0.6 is 0 Å². The Hall–Kier alpha value is -2.63. The number of ether oxygens (including phenoxy) is 1. The number of esters is 1. The number of piperidine rings is 1. The Morgan fingerprint density at radius 2 is 2.08 bits per heavy atom. The van der Waals surface area contributed by atoms with Gasteiger partial charge in [0.05, 0.1) is 0 Å². The Bertz CT molecular complexity index is 827. The molecular weight excluding hydrogens is 308 g/mol. The van der Waals surface area contributed by atoms with Crippen molar-refractivity contribution in [2.75, 3.05) is 13.2 Å². The summed E-state index contributed by atoms with van der Waals surface area (Å²) in [4.78, 5) is 41.0. The molecule has 126 valence electrons. The van der Waals surface area contributed by atoms with Gasteiger partial charge in [0.15, 0.2) is 12.0 Å². The molecule has 2 aromatic rings. The van der Waals surface area contributed by atoms with Crippen LogP contribution in [0.5, 0.6) is 0 Å². The topological polar surface area (TPSA) is 79.5 Å². The molecule has 1 saturated heterocycles. The van der Waals surface area contributed by atoms with E-state index in [2.05, 4.69) is 4.98 Å². The molecular formula is C18H20N2O4. The SMILES string of the molecule is C[C@H]1CCCCN1C(=O)COC(=O)c1cc(=O)c2ccccc2[nH]1. The number of fused-ring (bicyclic) bond motifs is 1. The van der Waals surface area contributed by atoms with Gasteiger partial charge in [-0.1, -0.05) is 12.1 Å². The Kier molecular flexibility index (Phi) is 4.64. The molecule has 6 nitrogen and oxygen atoms in total. The van der Waals surface area contributed by atoms with Crippen molar-refractivity contribution < 1.29 is 14.3 Å². The van der Waals surface area contributed by atoms with Crippen LogP contribution in [0.25, 0.3) is 10.9 Å². The quantitative estimate of drug-likeness (QED) is 0.875. The van der Waals surface area contributed by atoms with Gasteiger partial charge in [-0.25, -0.2) is 4.79 Å². The first kappa shape index (κ1) is 16.2. The number of aromatic amines is 1. The van der Waals surface area contributed by atoms with Crippen LogP contribution in [0.15, 0.2) is 35.1 Å². The smallest absolute Gasteiger partial charge is 0.355 e. The number of hydrogen-bond acceptors (Lipinski definition) is 4. The second-order valence-electron chi connectivity index (χ2n) is 6.10. The molecule has 1 fully saturated rings. The lowest BCUT2D eigenvalue weighted by Gasteiger charge is -2.33. The van der Waals surface area contributed by atoms with Gasteiger partial charge in [-0.2, -0.15) is 0 Å². The first-order valence-corrected chi connectivity index (χ1v) is 8.15. The van der Waals surface area contributed by atoms with Crippen LogP contribution < -0.4 is 5.43 Å². The highest BCUT2D eigenvalue weighted by molar-refractivity contribution is 5.92. The Balaban J connectivity index is 1.69. The number of benzene rings is 1. The van der Waals surface area contributed by atoms with Crippen LogP contribution in [-0.4, -0.2) is 41.0 Å². The van der Waals surface area contributed by atoms with Crippen molar-refractivity contribution in [1.82, 2.24) is 9.88 Å². The molecule has 1 N–H and O–H groups in total. The number of carbonyl (C=O) groups is 2. The van der Waals surface area contributed by atoms with Crippen LogP contribution in [0.4, 0.5) is 0 Å². The summed E-state index contributed by atoms with van der Waals surface area (Å²) in [6, 6.07) is 8.31. The molecule has 6 heteroatoms. The van der Waals surface area contributed by atoms with Crippen molar-refractivity contribution in [1.29, 1.82) is 0 Å². The fourth-order valence-electron chi connectivity index (χ4n) is 3.06. The van der Waals surface area contributed by atoms with E-state index in [1.54, 1.807) is 29.2 Å².